The van der Waals surface area contributed by atoms with Crippen LogP contribution in [0.4, 0.5) is 4.79 Å². The predicted molar refractivity (Wildman–Crippen MR) is 131 cm³/mol. The summed E-state index contributed by atoms with van der Waals surface area (Å²) in [6.45, 7) is 0.758. The molecule has 1 saturated carbocycles. The number of halogens is 1. The smallest absolute Gasteiger partial charge is 0.328 e. The number of carbonyl (C=O) groups is 2. The van der Waals surface area contributed by atoms with E-state index in [-0.39, 0.29) is 22.2 Å². The Morgan fingerprint density at radius 3 is 2.57 bits per heavy atom. The van der Waals surface area contributed by atoms with Gasteiger partial charge in [0, 0.05) is 19.3 Å². The van der Waals surface area contributed by atoms with Gasteiger partial charge < -0.3 is 15.4 Å². The molecule has 3 atom stereocenters. The molecule has 4 rings (SSSR count). The number of urea groups is 1. The van der Waals surface area contributed by atoms with Crippen molar-refractivity contribution in [3.05, 3.63) is 64.8 Å². The molecule has 3 N–H and O–H groups in total. The van der Waals surface area contributed by atoms with Gasteiger partial charge in [0.25, 0.3) is 15.9 Å². The number of pyridine rings is 1. The van der Waals surface area contributed by atoms with Crippen LogP contribution in [0.1, 0.15) is 28.8 Å². The molecule has 2 aromatic rings. The van der Waals surface area contributed by atoms with Gasteiger partial charge in [0.05, 0.1) is 17.0 Å². The zero-order valence-corrected chi connectivity index (χ0v) is 20.7. The molecule has 1 fully saturated rings. The van der Waals surface area contributed by atoms with Crippen molar-refractivity contribution >= 4 is 33.6 Å². The molecule has 1 aromatic carbocycles. The monoisotopic (exact) mass is 518 g/mol. The number of carbonyl (C=O) groups excluding carboxylic acids is 2. The first-order chi connectivity index (χ1) is 16.7. The summed E-state index contributed by atoms with van der Waals surface area (Å²) < 4.78 is 32.3. The van der Waals surface area contributed by atoms with E-state index in [1.165, 1.54) is 31.5 Å². The van der Waals surface area contributed by atoms with Crippen LogP contribution < -0.4 is 20.1 Å². The summed E-state index contributed by atoms with van der Waals surface area (Å²) in [4.78, 5) is 28.5. The highest BCUT2D eigenvalue weighted by Crippen LogP contribution is 2.42. The molecule has 0 aliphatic heterocycles. The largest absolute Gasteiger partial charge is 0.480 e. The third kappa shape index (κ3) is 6.12. The van der Waals surface area contributed by atoms with E-state index in [1.807, 2.05) is 0 Å². The van der Waals surface area contributed by atoms with E-state index in [1.54, 1.807) is 12.1 Å². The number of hydrogen-bond acceptors (Lipinski definition) is 6. The fourth-order valence-corrected chi connectivity index (χ4v) is 5.66. The first-order valence-electron chi connectivity index (χ1n) is 11.3. The van der Waals surface area contributed by atoms with E-state index in [2.05, 4.69) is 32.5 Å². The summed E-state index contributed by atoms with van der Waals surface area (Å²) in [5.74, 6) is 1.20. The normalized spacial score (nSPS) is 20.5. The van der Waals surface area contributed by atoms with Gasteiger partial charge in [-0.3, -0.25) is 4.79 Å². The Hall–Kier alpha value is -3.11. The fraction of sp³-hybridized carbons (Fsp3) is 0.375. The van der Waals surface area contributed by atoms with E-state index >= 15 is 0 Å². The van der Waals surface area contributed by atoms with E-state index in [4.69, 9.17) is 16.3 Å². The van der Waals surface area contributed by atoms with Gasteiger partial charge in [-0.2, -0.15) is 0 Å². The maximum Gasteiger partial charge on any atom is 0.328 e. The van der Waals surface area contributed by atoms with Crippen LogP contribution in [0.2, 0.25) is 5.02 Å². The number of hydrogen-bond donors (Lipinski definition) is 3. The molecule has 1 aromatic heterocycles. The molecular formula is C24H27ClN4O5S. The number of methoxy groups -OCH3 is 1. The highest BCUT2D eigenvalue weighted by molar-refractivity contribution is 7.90. The molecule has 3 unspecified atom stereocenters. The van der Waals surface area contributed by atoms with Gasteiger partial charge in [0.15, 0.2) is 0 Å². The van der Waals surface area contributed by atoms with Crippen LogP contribution in [0.5, 0.6) is 5.88 Å². The second-order valence-electron chi connectivity index (χ2n) is 8.72. The van der Waals surface area contributed by atoms with Gasteiger partial charge in [-0.15, -0.1) is 0 Å². The van der Waals surface area contributed by atoms with Crippen LogP contribution in [0, 0.1) is 17.8 Å². The number of rotatable bonds is 9. The van der Waals surface area contributed by atoms with Crippen LogP contribution >= 0.6 is 11.6 Å². The summed E-state index contributed by atoms with van der Waals surface area (Å²) in [6, 6.07) is 6.88. The summed E-state index contributed by atoms with van der Waals surface area (Å²) in [6.07, 6.45) is 8.41. The lowest BCUT2D eigenvalue weighted by Crippen LogP contribution is -2.41. The molecule has 0 radical (unpaired) electrons. The van der Waals surface area contributed by atoms with Gasteiger partial charge in [-0.1, -0.05) is 35.9 Å². The van der Waals surface area contributed by atoms with Gasteiger partial charge >= 0.3 is 6.03 Å². The van der Waals surface area contributed by atoms with Crippen molar-refractivity contribution in [2.24, 2.45) is 17.8 Å². The quantitative estimate of drug-likeness (QED) is 0.438. The van der Waals surface area contributed by atoms with Crippen LogP contribution in [0.25, 0.3) is 0 Å². The summed E-state index contributed by atoms with van der Waals surface area (Å²) in [5, 5.41) is 5.76. The predicted octanol–water partition coefficient (Wildman–Crippen LogP) is 2.92. The Bertz CT molecular complexity index is 1230. The topological polar surface area (TPSA) is 126 Å². The lowest BCUT2D eigenvalue weighted by atomic mass is 9.94. The van der Waals surface area contributed by atoms with Crippen LogP contribution in [0.3, 0.4) is 0 Å². The number of fused-ring (bicyclic) bond motifs is 2. The Morgan fingerprint density at radius 2 is 1.91 bits per heavy atom. The van der Waals surface area contributed by atoms with Gasteiger partial charge in [-0.25, -0.2) is 22.9 Å². The van der Waals surface area contributed by atoms with Crippen molar-refractivity contribution in [3.8, 4) is 5.88 Å². The first-order valence-corrected chi connectivity index (χ1v) is 13.2. The number of ether oxygens (including phenoxy) is 1. The molecule has 0 saturated heterocycles. The molecule has 35 heavy (non-hydrogen) atoms. The van der Waals surface area contributed by atoms with E-state index in [0.29, 0.717) is 42.3 Å². The minimum atomic E-state index is -3.99. The van der Waals surface area contributed by atoms with Gasteiger partial charge in [-0.05, 0) is 60.8 Å². The molecule has 9 nitrogen and oxygen atoms in total. The molecule has 2 aliphatic carbocycles. The second-order valence-corrected chi connectivity index (χ2v) is 10.8. The maximum atomic E-state index is 12.6. The highest BCUT2D eigenvalue weighted by atomic mass is 35.5. The third-order valence-electron chi connectivity index (χ3n) is 6.36. The lowest BCUT2D eigenvalue weighted by molar-refractivity contribution is 0.0950. The van der Waals surface area contributed by atoms with Crippen molar-refractivity contribution in [3.63, 3.8) is 0 Å². The SMILES string of the molecule is COc1ncc(Cl)cc1C(=O)NCCc1ccc(S(=O)(=O)NC(=O)NCC2CC3C=CC2C3)cc1. The molecule has 11 heteroatoms. The molecule has 2 aliphatic rings. The van der Waals surface area contributed by atoms with Crippen molar-refractivity contribution in [1.82, 2.24) is 20.3 Å². The first kappa shape index (κ1) is 25.0. The third-order valence-corrected chi connectivity index (χ3v) is 7.91. The maximum absolute atomic E-state index is 12.6. The lowest BCUT2D eigenvalue weighted by Gasteiger charge is -2.18. The number of amides is 3. The number of nitrogens with zero attached hydrogens (tertiary/aromatic N) is 1. The average Bonchev–Trinajstić information content (AvgIpc) is 3.46. The fourth-order valence-electron chi connectivity index (χ4n) is 4.57. The summed E-state index contributed by atoms with van der Waals surface area (Å²) >= 11 is 5.91. The average molecular weight is 519 g/mol. The summed E-state index contributed by atoms with van der Waals surface area (Å²) in [5.41, 5.74) is 1.04. The van der Waals surface area contributed by atoms with Crippen LogP contribution in [0.15, 0.2) is 53.6 Å². The van der Waals surface area contributed by atoms with Crippen LogP contribution in [-0.2, 0) is 16.4 Å². The Kier molecular flexibility index (Phi) is 7.61. The standard InChI is InChI=1S/C24H27ClN4O5S/c1-34-23-21(12-19(25)14-27-23)22(30)26-9-8-15-3-6-20(7-4-15)35(32,33)29-24(31)28-13-18-11-16-2-5-17(18)10-16/h2-7,12,14,16-18H,8-11,13H2,1H3,(H,26,30)(H2,28,29,31). The minimum absolute atomic E-state index is 0.0157. The van der Waals surface area contributed by atoms with E-state index in [0.717, 1.165) is 18.4 Å². The second kappa shape index (κ2) is 10.7. The van der Waals surface area contributed by atoms with E-state index in [9.17, 15) is 18.0 Å². The molecule has 1 heterocycles. The molecule has 2 bridgehead atoms. The molecule has 186 valence electrons. The number of allylic oxidation sites excluding steroid dienone is 2. The summed E-state index contributed by atoms with van der Waals surface area (Å²) in [7, 11) is -2.58. The van der Waals surface area contributed by atoms with Gasteiger partial charge in [0.1, 0.15) is 5.56 Å². The zero-order chi connectivity index (χ0) is 25.0. The zero-order valence-electron chi connectivity index (χ0n) is 19.2. The van der Waals surface area contributed by atoms with Crippen molar-refractivity contribution in [2.45, 2.75) is 24.2 Å². The number of aromatic nitrogens is 1. The molecule has 0 spiro atoms. The Morgan fingerprint density at radius 1 is 1.14 bits per heavy atom. The molecule has 3 amide bonds. The van der Waals surface area contributed by atoms with Crippen molar-refractivity contribution in [2.75, 3.05) is 20.2 Å². The van der Waals surface area contributed by atoms with Crippen molar-refractivity contribution in [1.29, 1.82) is 0 Å². The van der Waals surface area contributed by atoms with Gasteiger partial charge in [0.2, 0.25) is 5.88 Å². The Balaban J connectivity index is 1.25. The van der Waals surface area contributed by atoms with E-state index < -0.39 is 16.1 Å². The highest BCUT2D eigenvalue weighted by Gasteiger charge is 2.35. The molecular weight excluding hydrogens is 492 g/mol. The number of nitrogens with one attached hydrogen (secondary N) is 3. The number of benzene rings is 1. The minimum Gasteiger partial charge on any atom is -0.480 e. The number of sulfonamides is 1. The van der Waals surface area contributed by atoms with Crippen molar-refractivity contribution < 1.29 is 22.7 Å². The Labute approximate surface area is 209 Å². The van der Waals surface area contributed by atoms with Crippen LogP contribution in [-0.4, -0.2) is 45.5 Å².